The van der Waals surface area contributed by atoms with Gasteiger partial charge in [0.15, 0.2) is 17.4 Å². The lowest BCUT2D eigenvalue weighted by Gasteiger charge is -2.02. The summed E-state index contributed by atoms with van der Waals surface area (Å²) < 4.78 is 26.0. The molecule has 0 bridgehead atoms. The third kappa shape index (κ3) is 3.94. The standard InChI is InChI=1S/C12H12F2O3/c13-9-5-3-4-8(12(9)14)10(15)6-1-2-7-11(16)17/h3-5H,1-2,6-7H2,(H,16,17). The van der Waals surface area contributed by atoms with E-state index in [1.54, 1.807) is 0 Å². The summed E-state index contributed by atoms with van der Waals surface area (Å²) in [5.41, 5.74) is -0.277. The van der Waals surface area contributed by atoms with Gasteiger partial charge >= 0.3 is 5.97 Å². The summed E-state index contributed by atoms with van der Waals surface area (Å²) >= 11 is 0. The van der Waals surface area contributed by atoms with Gasteiger partial charge in [0.25, 0.3) is 0 Å². The molecule has 0 atom stereocenters. The van der Waals surface area contributed by atoms with Gasteiger partial charge < -0.3 is 5.11 Å². The van der Waals surface area contributed by atoms with Crippen molar-refractivity contribution >= 4 is 11.8 Å². The number of carbonyl (C=O) groups excluding carboxylic acids is 1. The lowest BCUT2D eigenvalue weighted by atomic mass is 10.0. The minimum absolute atomic E-state index is 0.0215. The largest absolute Gasteiger partial charge is 0.481 e. The van der Waals surface area contributed by atoms with Crippen LogP contribution in [0.15, 0.2) is 18.2 Å². The van der Waals surface area contributed by atoms with Gasteiger partial charge in [-0.25, -0.2) is 8.78 Å². The smallest absolute Gasteiger partial charge is 0.303 e. The van der Waals surface area contributed by atoms with Crippen LogP contribution in [0.4, 0.5) is 8.78 Å². The average Bonchev–Trinajstić information content (AvgIpc) is 2.27. The number of unbranched alkanes of at least 4 members (excludes halogenated alkanes) is 1. The van der Waals surface area contributed by atoms with Crippen molar-refractivity contribution in [2.24, 2.45) is 0 Å². The molecule has 0 aromatic heterocycles. The van der Waals surface area contributed by atoms with Crippen molar-refractivity contribution in [3.63, 3.8) is 0 Å². The third-order valence-electron chi connectivity index (χ3n) is 2.30. The normalized spacial score (nSPS) is 10.2. The highest BCUT2D eigenvalue weighted by molar-refractivity contribution is 5.96. The van der Waals surface area contributed by atoms with Gasteiger partial charge in [-0.2, -0.15) is 0 Å². The van der Waals surface area contributed by atoms with E-state index in [2.05, 4.69) is 0 Å². The Morgan fingerprint density at radius 3 is 2.41 bits per heavy atom. The Morgan fingerprint density at radius 1 is 1.12 bits per heavy atom. The van der Waals surface area contributed by atoms with Gasteiger partial charge in [0.1, 0.15) is 0 Å². The second-order valence-electron chi connectivity index (χ2n) is 3.63. The first kappa shape index (κ1) is 13.3. The molecule has 0 saturated carbocycles. The van der Waals surface area contributed by atoms with Crippen LogP contribution in [0.5, 0.6) is 0 Å². The second-order valence-corrected chi connectivity index (χ2v) is 3.63. The molecule has 1 N–H and O–H groups in total. The van der Waals surface area contributed by atoms with Gasteiger partial charge in [0.05, 0.1) is 5.56 Å². The van der Waals surface area contributed by atoms with E-state index in [4.69, 9.17) is 5.11 Å². The fraction of sp³-hybridized carbons (Fsp3) is 0.333. The first-order chi connectivity index (χ1) is 8.02. The third-order valence-corrected chi connectivity index (χ3v) is 2.30. The number of hydrogen-bond acceptors (Lipinski definition) is 2. The predicted molar refractivity (Wildman–Crippen MR) is 56.8 cm³/mol. The highest BCUT2D eigenvalue weighted by Crippen LogP contribution is 2.15. The van der Waals surface area contributed by atoms with E-state index in [1.165, 1.54) is 12.1 Å². The number of carboxylic acid groups (broad SMARTS) is 1. The molecule has 0 fully saturated rings. The minimum atomic E-state index is -1.14. The van der Waals surface area contributed by atoms with Crippen molar-refractivity contribution in [2.75, 3.05) is 0 Å². The van der Waals surface area contributed by atoms with Crippen molar-refractivity contribution in [3.8, 4) is 0 Å². The Bertz CT molecular complexity index is 430. The lowest BCUT2D eigenvalue weighted by molar-refractivity contribution is -0.137. The van der Waals surface area contributed by atoms with Crippen LogP contribution >= 0.6 is 0 Å². The minimum Gasteiger partial charge on any atom is -0.481 e. The SMILES string of the molecule is O=C(O)CCCCC(=O)c1cccc(F)c1F. The van der Waals surface area contributed by atoms with Crippen molar-refractivity contribution in [1.29, 1.82) is 0 Å². The molecule has 92 valence electrons. The zero-order valence-corrected chi connectivity index (χ0v) is 9.08. The molecule has 0 aliphatic carbocycles. The molecular formula is C12H12F2O3. The van der Waals surface area contributed by atoms with Gasteiger partial charge in [-0.05, 0) is 25.0 Å². The molecule has 0 saturated heterocycles. The monoisotopic (exact) mass is 242 g/mol. The van der Waals surface area contributed by atoms with Gasteiger partial charge in [-0.15, -0.1) is 0 Å². The summed E-state index contributed by atoms with van der Waals surface area (Å²) in [4.78, 5) is 21.7. The van der Waals surface area contributed by atoms with Crippen LogP contribution in [0.3, 0.4) is 0 Å². The summed E-state index contributed by atoms with van der Waals surface area (Å²) in [6.45, 7) is 0. The van der Waals surface area contributed by atoms with Crippen molar-refractivity contribution in [3.05, 3.63) is 35.4 Å². The Morgan fingerprint density at radius 2 is 1.76 bits per heavy atom. The zero-order chi connectivity index (χ0) is 12.8. The van der Waals surface area contributed by atoms with Crippen molar-refractivity contribution in [1.82, 2.24) is 0 Å². The first-order valence-corrected chi connectivity index (χ1v) is 5.21. The Kier molecular flexibility index (Phi) is 4.75. The molecule has 1 aromatic rings. The highest BCUT2D eigenvalue weighted by atomic mass is 19.2. The molecule has 5 heteroatoms. The molecule has 0 unspecified atom stereocenters. The molecule has 0 aliphatic heterocycles. The van der Waals surface area contributed by atoms with Crippen LogP contribution in [0.25, 0.3) is 0 Å². The summed E-state index contributed by atoms with van der Waals surface area (Å²) in [6.07, 6.45) is 0.686. The predicted octanol–water partition coefficient (Wildman–Crippen LogP) is 2.79. The van der Waals surface area contributed by atoms with E-state index in [1.807, 2.05) is 0 Å². The number of benzene rings is 1. The zero-order valence-electron chi connectivity index (χ0n) is 9.08. The fourth-order valence-corrected chi connectivity index (χ4v) is 1.42. The van der Waals surface area contributed by atoms with Crippen molar-refractivity contribution < 1.29 is 23.5 Å². The van der Waals surface area contributed by atoms with Crippen LogP contribution in [-0.2, 0) is 4.79 Å². The quantitative estimate of drug-likeness (QED) is 0.616. The van der Waals surface area contributed by atoms with Crippen LogP contribution in [0, 0.1) is 11.6 Å². The number of ketones is 1. The summed E-state index contributed by atoms with van der Waals surface area (Å²) in [6, 6.07) is 3.43. The molecule has 1 rings (SSSR count). The molecule has 1 aromatic carbocycles. The molecule has 0 radical (unpaired) electrons. The van der Waals surface area contributed by atoms with E-state index >= 15 is 0 Å². The Balaban J connectivity index is 2.53. The second kappa shape index (κ2) is 6.08. The van der Waals surface area contributed by atoms with Gasteiger partial charge in [-0.3, -0.25) is 9.59 Å². The maximum absolute atomic E-state index is 13.2. The fourth-order valence-electron chi connectivity index (χ4n) is 1.42. The van der Waals surface area contributed by atoms with Crippen LogP contribution < -0.4 is 0 Å². The highest BCUT2D eigenvalue weighted by Gasteiger charge is 2.14. The van der Waals surface area contributed by atoms with Gasteiger partial charge in [0.2, 0.25) is 0 Å². The number of carboxylic acids is 1. The molecule has 0 amide bonds. The molecule has 17 heavy (non-hydrogen) atoms. The van der Waals surface area contributed by atoms with E-state index in [-0.39, 0.29) is 18.4 Å². The molecular weight excluding hydrogens is 230 g/mol. The van der Waals surface area contributed by atoms with E-state index in [0.717, 1.165) is 6.07 Å². The number of rotatable bonds is 6. The molecule has 3 nitrogen and oxygen atoms in total. The maximum Gasteiger partial charge on any atom is 0.303 e. The van der Waals surface area contributed by atoms with Crippen LogP contribution in [-0.4, -0.2) is 16.9 Å². The van der Waals surface area contributed by atoms with Gasteiger partial charge in [-0.1, -0.05) is 6.07 Å². The molecule has 0 heterocycles. The molecule has 0 aliphatic rings. The average molecular weight is 242 g/mol. The maximum atomic E-state index is 13.2. The number of aliphatic carboxylic acids is 1. The topological polar surface area (TPSA) is 54.4 Å². The van der Waals surface area contributed by atoms with E-state index in [9.17, 15) is 18.4 Å². The van der Waals surface area contributed by atoms with E-state index in [0.29, 0.717) is 12.8 Å². The van der Waals surface area contributed by atoms with Crippen LogP contribution in [0.2, 0.25) is 0 Å². The van der Waals surface area contributed by atoms with E-state index < -0.39 is 23.4 Å². The summed E-state index contributed by atoms with van der Waals surface area (Å²) in [7, 11) is 0. The Labute approximate surface area is 97.1 Å². The number of halogens is 2. The number of Topliss-reactive ketones (excluding diaryl/α,β-unsaturated/α-hetero) is 1. The Hall–Kier alpha value is -1.78. The number of carbonyl (C=O) groups is 2. The van der Waals surface area contributed by atoms with Crippen molar-refractivity contribution in [2.45, 2.75) is 25.7 Å². The molecule has 0 spiro atoms. The lowest BCUT2D eigenvalue weighted by Crippen LogP contribution is -2.04. The summed E-state index contributed by atoms with van der Waals surface area (Å²) in [5.74, 6) is -3.64. The van der Waals surface area contributed by atoms with Crippen LogP contribution in [0.1, 0.15) is 36.0 Å². The number of hydrogen-bond donors (Lipinski definition) is 1. The first-order valence-electron chi connectivity index (χ1n) is 5.21. The summed E-state index contributed by atoms with van der Waals surface area (Å²) in [5, 5.41) is 8.38. The van der Waals surface area contributed by atoms with Gasteiger partial charge in [0, 0.05) is 12.8 Å².